The summed E-state index contributed by atoms with van der Waals surface area (Å²) < 4.78 is 3.75. The molecule has 3 heteroatoms. The first kappa shape index (κ1) is 8.95. The number of nitriles is 1. The Hall–Kier alpha value is -1.14. The van der Waals surface area contributed by atoms with Crippen LogP contribution in [0.15, 0.2) is 34.7 Å². The van der Waals surface area contributed by atoms with Crippen molar-refractivity contribution < 1.29 is 0 Å². The van der Waals surface area contributed by atoms with E-state index in [2.05, 4.69) is 16.5 Å². The molecule has 0 aliphatic heterocycles. The van der Waals surface area contributed by atoms with Crippen molar-refractivity contribution in [3.05, 3.63) is 35.9 Å². The summed E-state index contributed by atoms with van der Waals surface area (Å²) in [5.41, 5.74) is 1.24. The predicted molar refractivity (Wildman–Crippen MR) is 51.5 cm³/mol. The molecule has 1 aromatic carbocycles. The summed E-state index contributed by atoms with van der Waals surface area (Å²) in [5.74, 6) is 0.869. The topological polar surface area (TPSA) is 36.1 Å². The van der Waals surface area contributed by atoms with Crippen LogP contribution in [-0.2, 0) is 16.4 Å². The van der Waals surface area contributed by atoms with Gasteiger partial charge in [0.05, 0.1) is 0 Å². The minimum atomic E-state index is -0.157. The second-order valence-corrected chi connectivity index (χ2v) is 4.09. The summed E-state index contributed by atoms with van der Waals surface area (Å²) in [4.78, 5) is 0. The highest BCUT2D eigenvalue weighted by atomic mass is 32.2. The molecule has 1 atom stereocenters. The molecule has 0 aliphatic rings. The van der Waals surface area contributed by atoms with Gasteiger partial charge in [0.25, 0.3) is 0 Å². The molecule has 0 amide bonds. The molecule has 1 rings (SSSR count). The van der Waals surface area contributed by atoms with Crippen LogP contribution in [0.5, 0.6) is 0 Å². The minimum Gasteiger partial charge on any atom is -0.170 e. The van der Waals surface area contributed by atoms with Crippen LogP contribution in [0.4, 0.5) is 0 Å². The molecule has 12 heavy (non-hydrogen) atoms. The molecule has 0 N–H and O–H groups in total. The molecular formula is C9H10N2S. The standard InChI is InChI=1S/C9H10N2S/c1-12(11-8-10)7-9-5-3-2-4-6-9/h2-6H,7H2,1H3. The van der Waals surface area contributed by atoms with E-state index in [0.717, 1.165) is 5.75 Å². The fraction of sp³-hybridized carbons (Fsp3) is 0.222. The Kier molecular flexibility index (Phi) is 3.49. The summed E-state index contributed by atoms with van der Waals surface area (Å²) in [6, 6.07) is 10.1. The third-order valence-electron chi connectivity index (χ3n) is 1.42. The highest BCUT2D eigenvalue weighted by Gasteiger charge is 1.91. The van der Waals surface area contributed by atoms with Gasteiger partial charge in [-0.2, -0.15) is 9.62 Å². The summed E-state index contributed by atoms with van der Waals surface area (Å²) >= 11 is 0. The zero-order valence-corrected chi connectivity index (χ0v) is 7.71. The Morgan fingerprint density at radius 2 is 2.08 bits per heavy atom. The molecule has 0 radical (unpaired) electrons. The van der Waals surface area contributed by atoms with Crippen LogP contribution < -0.4 is 0 Å². The van der Waals surface area contributed by atoms with Crippen LogP contribution in [-0.4, -0.2) is 6.26 Å². The molecule has 0 bridgehead atoms. The van der Waals surface area contributed by atoms with E-state index >= 15 is 0 Å². The molecule has 62 valence electrons. The Bertz CT molecular complexity index is 311. The Labute approximate surface area is 74.9 Å². The van der Waals surface area contributed by atoms with E-state index in [4.69, 9.17) is 5.26 Å². The van der Waals surface area contributed by atoms with Gasteiger partial charge in [-0.25, -0.2) is 0 Å². The normalized spacial score (nSPS) is 12.3. The molecule has 0 aromatic heterocycles. The summed E-state index contributed by atoms with van der Waals surface area (Å²) in [5, 5.41) is 8.30. The van der Waals surface area contributed by atoms with Crippen molar-refractivity contribution in [1.29, 1.82) is 5.26 Å². The van der Waals surface area contributed by atoms with E-state index in [1.54, 1.807) is 0 Å². The van der Waals surface area contributed by atoms with Crippen LogP contribution in [0.2, 0.25) is 0 Å². The highest BCUT2D eigenvalue weighted by molar-refractivity contribution is 7.85. The van der Waals surface area contributed by atoms with E-state index in [1.807, 2.05) is 30.6 Å². The van der Waals surface area contributed by atoms with Gasteiger partial charge < -0.3 is 0 Å². The second-order valence-electron chi connectivity index (χ2n) is 2.42. The molecule has 0 heterocycles. The lowest BCUT2D eigenvalue weighted by Gasteiger charge is -1.98. The number of hydrogen-bond acceptors (Lipinski definition) is 2. The molecule has 1 unspecified atom stereocenters. The zero-order chi connectivity index (χ0) is 8.81. The lowest BCUT2D eigenvalue weighted by atomic mass is 10.2. The summed E-state index contributed by atoms with van der Waals surface area (Å²) in [7, 11) is -0.157. The molecule has 2 nitrogen and oxygen atoms in total. The number of hydrogen-bond donors (Lipinski definition) is 0. The summed E-state index contributed by atoms with van der Waals surface area (Å²) in [6.45, 7) is 0. The van der Waals surface area contributed by atoms with Gasteiger partial charge in [0.2, 0.25) is 6.19 Å². The van der Waals surface area contributed by atoms with Crippen molar-refractivity contribution in [3.63, 3.8) is 0 Å². The first-order chi connectivity index (χ1) is 5.83. The van der Waals surface area contributed by atoms with Gasteiger partial charge >= 0.3 is 0 Å². The third kappa shape index (κ3) is 2.85. The zero-order valence-electron chi connectivity index (χ0n) is 6.90. The van der Waals surface area contributed by atoms with E-state index in [9.17, 15) is 0 Å². The van der Waals surface area contributed by atoms with E-state index in [1.165, 1.54) is 5.56 Å². The van der Waals surface area contributed by atoms with Gasteiger partial charge in [-0.1, -0.05) is 41.0 Å². The smallest absolute Gasteiger partial charge is 0.170 e. The molecule has 0 aliphatic carbocycles. The van der Waals surface area contributed by atoms with E-state index in [0.29, 0.717) is 0 Å². The van der Waals surface area contributed by atoms with Crippen LogP contribution in [0.1, 0.15) is 5.56 Å². The second kappa shape index (κ2) is 4.68. The van der Waals surface area contributed by atoms with Crippen molar-refractivity contribution in [3.8, 4) is 6.19 Å². The van der Waals surface area contributed by atoms with Gasteiger partial charge in [0, 0.05) is 5.75 Å². The number of rotatable bonds is 2. The first-order valence-corrected chi connectivity index (χ1v) is 5.35. The van der Waals surface area contributed by atoms with Crippen LogP contribution in [0.3, 0.4) is 0 Å². The van der Waals surface area contributed by atoms with Gasteiger partial charge in [0.1, 0.15) is 0 Å². The maximum absolute atomic E-state index is 8.30. The molecule has 0 spiro atoms. The Morgan fingerprint density at radius 1 is 1.42 bits per heavy atom. The maximum Gasteiger partial charge on any atom is 0.212 e. The average Bonchev–Trinajstić information content (AvgIpc) is 2.06. The van der Waals surface area contributed by atoms with Crippen molar-refractivity contribution in [1.82, 2.24) is 0 Å². The van der Waals surface area contributed by atoms with Gasteiger partial charge in [-0.15, -0.1) is 0 Å². The number of nitrogens with zero attached hydrogens (tertiary/aromatic N) is 2. The van der Waals surface area contributed by atoms with Crippen molar-refractivity contribution in [2.24, 2.45) is 4.36 Å². The molecule has 0 fully saturated rings. The fourth-order valence-corrected chi connectivity index (χ4v) is 1.80. The van der Waals surface area contributed by atoms with Crippen molar-refractivity contribution in [2.75, 3.05) is 6.26 Å². The Morgan fingerprint density at radius 3 is 2.67 bits per heavy atom. The van der Waals surface area contributed by atoms with Crippen molar-refractivity contribution >= 4 is 10.7 Å². The highest BCUT2D eigenvalue weighted by Crippen LogP contribution is 2.02. The van der Waals surface area contributed by atoms with Gasteiger partial charge in [0.15, 0.2) is 0 Å². The fourth-order valence-electron chi connectivity index (χ4n) is 0.917. The molecule has 0 saturated heterocycles. The van der Waals surface area contributed by atoms with Gasteiger partial charge in [-0.05, 0) is 11.8 Å². The average molecular weight is 178 g/mol. The van der Waals surface area contributed by atoms with E-state index in [-0.39, 0.29) is 10.7 Å². The Balaban J connectivity index is 2.66. The van der Waals surface area contributed by atoms with Crippen molar-refractivity contribution in [2.45, 2.75) is 5.75 Å². The summed E-state index contributed by atoms with van der Waals surface area (Å²) in [6.07, 6.45) is 3.79. The molecule has 0 saturated carbocycles. The van der Waals surface area contributed by atoms with Crippen LogP contribution >= 0.6 is 0 Å². The largest absolute Gasteiger partial charge is 0.212 e. The van der Waals surface area contributed by atoms with Crippen LogP contribution in [0, 0.1) is 11.5 Å². The lowest BCUT2D eigenvalue weighted by Crippen LogP contribution is -1.90. The number of benzene rings is 1. The molecular weight excluding hydrogens is 168 g/mol. The van der Waals surface area contributed by atoms with Gasteiger partial charge in [-0.3, -0.25) is 0 Å². The first-order valence-electron chi connectivity index (χ1n) is 3.59. The van der Waals surface area contributed by atoms with E-state index < -0.39 is 0 Å². The molecule has 1 aromatic rings. The minimum absolute atomic E-state index is 0.157. The lowest BCUT2D eigenvalue weighted by molar-refractivity contribution is 1.39. The maximum atomic E-state index is 8.30. The third-order valence-corrected chi connectivity index (χ3v) is 2.56. The predicted octanol–water partition coefficient (Wildman–Crippen LogP) is 2.10. The SMILES string of the molecule is CS(Cc1ccccc1)=NC#N. The monoisotopic (exact) mass is 178 g/mol. The van der Waals surface area contributed by atoms with Crippen LogP contribution in [0.25, 0.3) is 0 Å². The quantitative estimate of drug-likeness (QED) is 0.639.